The summed E-state index contributed by atoms with van der Waals surface area (Å²) in [6.45, 7) is 16.4. The van der Waals surface area contributed by atoms with Crippen molar-refractivity contribution in [1.82, 2.24) is 0 Å². The summed E-state index contributed by atoms with van der Waals surface area (Å²) in [4.78, 5) is 49.7. The Morgan fingerprint density at radius 2 is 0.946 bits per heavy atom. The van der Waals surface area contributed by atoms with Gasteiger partial charge in [0, 0.05) is 73.0 Å². The summed E-state index contributed by atoms with van der Waals surface area (Å²) in [7, 11) is -1.58. The van der Waals surface area contributed by atoms with E-state index in [0.717, 1.165) is 101 Å². The topological polar surface area (TPSA) is 127 Å². The highest BCUT2D eigenvalue weighted by Crippen LogP contribution is 2.31. The van der Waals surface area contributed by atoms with Crippen LogP contribution in [0, 0.1) is 0 Å². The van der Waals surface area contributed by atoms with Crippen LogP contribution in [0.15, 0.2) is 72.8 Å². The van der Waals surface area contributed by atoms with Gasteiger partial charge in [0.25, 0.3) is 0 Å². The summed E-state index contributed by atoms with van der Waals surface area (Å²) in [6, 6.07) is 23.2. The van der Waals surface area contributed by atoms with E-state index < -0.39 is 8.60 Å². The van der Waals surface area contributed by atoms with Gasteiger partial charge >= 0.3 is 8.60 Å². The van der Waals surface area contributed by atoms with E-state index in [1.165, 1.54) is 5.69 Å². The van der Waals surface area contributed by atoms with Crippen molar-refractivity contribution < 1.29 is 42.5 Å². The number of Topliss-reactive ketones (excluding diaryl/α,β-unsaturated/α-hetero) is 3. The fourth-order valence-corrected chi connectivity index (χ4v) is 6.90. The van der Waals surface area contributed by atoms with Gasteiger partial charge in [0.05, 0.1) is 58.2 Å². The fourth-order valence-electron chi connectivity index (χ4n) is 5.53. The maximum atomic E-state index is 11.7. The number of ketones is 3. The minimum Gasteiger partial charge on any atom is -0.378 e. The van der Waals surface area contributed by atoms with Gasteiger partial charge in [0.1, 0.15) is 3.74 Å². The molecule has 3 aliphatic heterocycles. The molecule has 3 fully saturated rings. The average Bonchev–Trinajstić information content (AvgIpc) is 3.25. The van der Waals surface area contributed by atoms with Crippen LogP contribution >= 0.6 is 56.4 Å². The molecule has 12 nitrogen and oxygen atoms in total. The summed E-state index contributed by atoms with van der Waals surface area (Å²) in [5.74, 6) is 0.274. The lowest BCUT2D eigenvalue weighted by atomic mass is 10.1. The summed E-state index contributed by atoms with van der Waals surface area (Å²) < 4.78 is 24.9. The molecule has 0 amide bonds. The first kappa shape index (κ1) is 48.1. The summed E-state index contributed by atoms with van der Waals surface area (Å²) in [5.41, 5.74) is 5.71. The number of carbonyl (C=O) groups excluding carboxylic acids is 3. The number of ether oxygens (including phenoxy) is 3. The number of hydrogen-bond donors (Lipinski definition) is 1. The summed E-state index contributed by atoms with van der Waals surface area (Å²) >= 11 is 9.59. The second-order valence-electron chi connectivity index (χ2n) is 12.3. The molecule has 3 heterocycles. The van der Waals surface area contributed by atoms with Crippen molar-refractivity contribution in [3.63, 3.8) is 0 Å². The van der Waals surface area contributed by atoms with Gasteiger partial charge in [-0.15, -0.1) is 0 Å². The molecule has 0 aromatic heterocycles. The lowest BCUT2D eigenvalue weighted by Gasteiger charge is -2.28. The minimum atomic E-state index is -1.58. The van der Waals surface area contributed by atoms with Crippen LogP contribution in [0.3, 0.4) is 0 Å². The van der Waals surface area contributed by atoms with Crippen molar-refractivity contribution in [3.05, 3.63) is 89.5 Å². The molecule has 1 N–H and O–H groups in total. The molecule has 0 atom stereocenters. The molecule has 3 aromatic carbocycles. The number of hydrogen-bond acceptors (Lipinski definition) is 12. The average molecular weight is 991 g/mol. The van der Waals surface area contributed by atoms with E-state index in [-0.39, 0.29) is 21.1 Å². The Bertz CT molecular complexity index is 1560. The number of anilines is 3. The summed E-state index contributed by atoms with van der Waals surface area (Å²) in [5, 5.41) is 0.379. The molecule has 0 aliphatic carbocycles. The number of nitrogens with zero attached hydrogens (tertiary/aromatic N) is 3. The fraction of sp³-hybridized carbons (Fsp3) is 0.475. The normalized spacial score (nSPS) is 15.5. The van der Waals surface area contributed by atoms with E-state index in [1.807, 2.05) is 86.6 Å². The van der Waals surface area contributed by atoms with Gasteiger partial charge in [-0.1, -0.05) is 47.8 Å². The van der Waals surface area contributed by atoms with Crippen molar-refractivity contribution in [2.75, 3.05) is 112 Å². The first-order chi connectivity index (χ1) is 27.1. The van der Waals surface area contributed by atoms with Crippen LogP contribution in [0.2, 0.25) is 0 Å². The Labute approximate surface area is 357 Å². The molecule has 3 aliphatic rings. The Balaban J connectivity index is 0.000000206. The predicted molar refractivity (Wildman–Crippen MR) is 235 cm³/mol. The zero-order chi connectivity index (χ0) is 40.7. The third-order valence-corrected chi connectivity index (χ3v) is 10.8. The molecule has 308 valence electrons. The Hall–Kier alpha value is -2.30. The molecule has 3 saturated heterocycles. The van der Waals surface area contributed by atoms with Gasteiger partial charge in [0.2, 0.25) is 0 Å². The van der Waals surface area contributed by atoms with Gasteiger partial charge in [-0.25, -0.2) is 0 Å². The molecule has 0 saturated carbocycles. The quantitative estimate of drug-likeness (QED) is 0.108. The molecule has 0 spiro atoms. The van der Waals surface area contributed by atoms with E-state index in [9.17, 15) is 14.4 Å². The zero-order valence-electron chi connectivity index (χ0n) is 32.2. The highest BCUT2D eigenvalue weighted by molar-refractivity contribution is 9.25. The molecule has 0 radical (unpaired) electrons. The molecule has 56 heavy (non-hydrogen) atoms. The molecular weight excluding hydrogens is 937 g/mol. The monoisotopic (exact) mass is 987 g/mol. The van der Waals surface area contributed by atoms with E-state index >= 15 is 0 Å². The highest BCUT2D eigenvalue weighted by atomic mass is 79.9. The van der Waals surface area contributed by atoms with Gasteiger partial charge in [-0.05, 0) is 93.6 Å². The smallest absolute Gasteiger partial charge is 0.329 e. The van der Waals surface area contributed by atoms with Crippen molar-refractivity contribution >= 4 is 90.8 Å². The third-order valence-electron chi connectivity index (χ3n) is 8.54. The van der Waals surface area contributed by atoms with Gasteiger partial charge in [-0.2, -0.15) is 0 Å². The predicted octanol–water partition coefficient (Wildman–Crippen LogP) is 7.93. The Morgan fingerprint density at radius 3 is 1.23 bits per heavy atom. The number of carbonyl (C=O) groups is 3. The molecular formula is C40H53Br3N3O9P. The lowest BCUT2D eigenvalue weighted by molar-refractivity contribution is 0.100. The van der Waals surface area contributed by atoms with Crippen molar-refractivity contribution in [2.45, 2.75) is 24.5 Å². The molecule has 0 bridgehead atoms. The van der Waals surface area contributed by atoms with Crippen LogP contribution in [0.1, 0.15) is 51.8 Å². The minimum absolute atomic E-state index is 0.0403. The van der Waals surface area contributed by atoms with E-state index in [0.29, 0.717) is 24.1 Å². The first-order valence-electron chi connectivity index (χ1n) is 18.5. The van der Waals surface area contributed by atoms with E-state index in [2.05, 4.69) is 71.5 Å². The van der Waals surface area contributed by atoms with Crippen LogP contribution in [0.4, 0.5) is 17.1 Å². The van der Waals surface area contributed by atoms with Crippen LogP contribution in [0.25, 0.3) is 0 Å². The highest BCUT2D eigenvalue weighted by Gasteiger charge is 2.16. The van der Waals surface area contributed by atoms with Crippen LogP contribution in [-0.2, 0) is 23.3 Å². The van der Waals surface area contributed by atoms with Crippen molar-refractivity contribution in [1.29, 1.82) is 0 Å². The Kier molecular flexibility index (Phi) is 23.5. The number of rotatable bonds is 12. The van der Waals surface area contributed by atoms with Crippen LogP contribution in [0.5, 0.6) is 0 Å². The second kappa shape index (κ2) is 27.4. The maximum Gasteiger partial charge on any atom is 0.329 e. The second-order valence-corrected chi connectivity index (χ2v) is 16.9. The van der Waals surface area contributed by atoms with Crippen LogP contribution < -0.4 is 14.7 Å². The van der Waals surface area contributed by atoms with Crippen molar-refractivity contribution in [2.24, 2.45) is 0 Å². The third kappa shape index (κ3) is 17.3. The number of benzene rings is 3. The van der Waals surface area contributed by atoms with Gasteiger partial charge in [0.15, 0.2) is 17.3 Å². The molecule has 6 rings (SSSR count). The lowest BCUT2D eigenvalue weighted by Crippen LogP contribution is -2.36. The first-order valence-corrected chi connectivity index (χ1v) is 22.6. The van der Waals surface area contributed by atoms with E-state index in [1.54, 1.807) is 6.92 Å². The van der Waals surface area contributed by atoms with Crippen molar-refractivity contribution in [3.8, 4) is 0 Å². The molecule has 3 aromatic rings. The Morgan fingerprint density at radius 1 is 0.625 bits per heavy atom. The standard InChI is InChI=1S/C12H13Br2NO2.C12H14BrNO2.C12H15NO2.C4H11O3P/c13-12(14)11(16)9-1-3-10(4-2-9)15-5-7-17-8-6-15;13-9-12(15)10-1-3-11(4-2-10)14-5-7-16-8-6-14;1-10(14)11-2-4-12(5-3-11)13-6-8-15-9-7-13;1-3-6-8(5)7-4-2/h1-4,12H,5-8H2;1-4H,5-9H2;2-5H,6-9H2,1H3;5H,3-4H2,1-2H3. The molecule has 0 unspecified atom stereocenters. The summed E-state index contributed by atoms with van der Waals surface area (Å²) in [6.07, 6.45) is 0. The number of alkyl halides is 3. The molecule has 16 heteroatoms. The largest absolute Gasteiger partial charge is 0.378 e. The number of morpholine rings is 3. The van der Waals surface area contributed by atoms with Crippen LogP contribution in [-0.4, -0.2) is 123 Å². The van der Waals surface area contributed by atoms with E-state index in [4.69, 9.17) is 19.1 Å². The number of halogens is 3. The maximum absolute atomic E-state index is 11.7. The zero-order valence-corrected chi connectivity index (χ0v) is 37.9. The van der Waals surface area contributed by atoms with Gasteiger partial charge < -0.3 is 42.9 Å². The SMILES string of the molecule is CC(=O)c1ccc(N2CCOCC2)cc1.CCOP(O)OCC.O=C(CBr)c1ccc(N2CCOCC2)cc1.O=C(c1ccc(N2CCOCC2)cc1)C(Br)Br. The van der Waals surface area contributed by atoms with Gasteiger partial charge in [-0.3, -0.25) is 14.4 Å².